The van der Waals surface area contributed by atoms with Crippen LogP contribution in [0.1, 0.15) is 94.6 Å². The van der Waals surface area contributed by atoms with Gasteiger partial charge in [-0.15, -0.1) is 0 Å². The van der Waals surface area contributed by atoms with Crippen LogP contribution < -0.4 is 10.6 Å². The Kier molecular flexibility index (Phi) is 14.8. The summed E-state index contributed by atoms with van der Waals surface area (Å²) in [7, 11) is 4.75. The molecule has 1 aromatic heterocycles. The number of nitrogens with zero attached hydrogens (tertiary/aromatic N) is 3. The molecule has 4 atom stereocenters. The highest BCUT2D eigenvalue weighted by Crippen LogP contribution is 2.37. The number of nitrogens with one attached hydrogen (secondary N) is 2. The van der Waals surface area contributed by atoms with E-state index in [1.165, 1.54) is 49.0 Å². The van der Waals surface area contributed by atoms with Crippen molar-refractivity contribution in [1.29, 1.82) is 0 Å². The number of halogens is 1. The van der Waals surface area contributed by atoms with Crippen molar-refractivity contribution >= 4 is 46.7 Å². The van der Waals surface area contributed by atoms with E-state index in [1.807, 2.05) is 13.8 Å². The first-order valence-electron chi connectivity index (χ1n) is 18.2. The third-order valence-corrected chi connectivity index (χ3v) is 9.55. The minimum Gasteiger partial charge on any atom is -0.481 e. The van der Waals surface area contributed by atoms with E-state index in [-0.39, 0.29) is 17.9 Å². The van der Waals surface area contributed by atoms with Crippen molar-refractivity contribution in [3.63, 3.8) is 0 Å². The van der Waals surface area contributed by atoms with E-state index in [0.29, 0.717) is 16.5 Å². The number of amides is 4. The van der Waals surface area contributed by atoms with E-state index >= 15 is 0 Å². The molecule has 2 aromatic rings. The number of fused-ring (bicyclic) bond motifs is 1. The number of benzene rings is 1. The van der Waals surface area contributed by atoms with Crippen molar-refractivity contribution in [2.75, 3.05) is 14.1 Å². The minimum absolute atomic E-state index is 0.104. The number of aromatic nitrogens is 1. The van der Waals surface area contributed by atoms with Crippen LogP contribution in [0, 0.1) is 17.2 Å². The SMILES string of the molecule is C/C(=C\[C@H](C(C)C)N(C)C(=O)C(NC(=O)[C@@H](N(C)C(=O)OC(C)(C)C)C(C)(C)c1cn(C)c2cc(F)ccc12)C(C)(C)C)C(=O)N[C@H](CCC(=O)O)C(=O)O. The summed E-state index contributed by atoms with van der Waals surface area (Å²) in [4.78, 5) is 81.2. The van der Waals surface area contributed by atoms with Crippen LogP contribution in [0.5, 0.6) is 0 Å². The van der Waals surface area contributed by atoms with E-state index in [0.717, 1.165) is 0 Å². The number of carboxylic acids is 2. The predicted molar refractivity (Wildman–Crippen MR) is 207 cm³/mol. The van der Waals surface area contributed by atoms with Crippen LogP contribution in [0.15, 0.2) is 36.0 Å². The number of carbonyl (C=O) groups is 6. The lowest BCUT2D eigenvalue weighted by Gasteiger charge is -2.42. The minimum atomic E-state index is -1.43. The molecular weight excluding hydrogens is 713 g/mol. The molecule has 306 valence electrons. The normalized spacial score (nSPS) is 14.8. The molecule has 0 bridgehead atoms. The average molecular weight is 774 g/mol. The Hall–Kier alpha value is -4.95. The van der Waals surface area contributed by atoms with Gasteiger partial charge in [-0.25, -0.2) is 14.0 Å². The topological polar surface area (TPSA) is 188 Å². The summed E-state index contributed by atoms with van der Waals surface area (Å²) in [5, 5.41) is 24.5. The standard InChI is InChI=1S/C40H60FN5O9/c1-22(2)28(19-23(3)33(49)42-27(36(52)53)17-18-30(47)48)45(13)35(51)31(38(4,5)6)43-34(50)32(46(14)37(54)55-39(7,8)9)40(10,11)26-21-44(12)29-20-24(41)15-16-25(26)29/h15-16,19-22,27-28,31-32H,17-18H2,1-14H3,(H,42,49)(H,43,50)(H,47,48)(H,52,53)/b23-19+/t27-,28-,31?,32-/m1/s1. The molecule has 0 spiro atoms. The van der Waals surface area contributed by atoms with Gasteiger partial charge in [0.2, 0.25) is 17.7 Å². The second-order valence-electron chi connectivity index (χ2n) is 17.2. The van der Waals surface area contributed by atoms with Gasteiger partial charge >= 0.3 is 18.0 Å². The number of aryl methyl sites for hydroxylation is 1. The summed E-state index contributed by atoms with van der Waals surface area (Å²) >= 11 is 0. The van der Waals surface area contributed by atoms with Gasteiger partial charge in [0.15, 0.2) is 0 Å². The van der Waals surface area contributed by atoms with Crippen LogP contribution in [-0.2, 0) is 41.2 Å². The van der Waals surface area contributed by atoms with Gasteiger partial charge in [0.25, 0.3) is 0 Å². The molecular formula is C40H60FN5O9. The van der Waals surface area contributed by atoms with Crippen LogP contribution in [0.4, 0.5) is 9.18 Å². The summed E-state index contributed by atoms with van der Waals surface area (Å²) in [6.45, 7) is 19.2. The Labute approximate surface area is 323 Å². The lowest BCUT2D eigenvalue weighted by molar-refractivity contribution is -0.142. The monoisotopic (exact) mass is 773 g/mol. The maximum Gasteiger partial charge on any atom is 0.410 e. The van der Waals surface area contributed by atoms with Crippen LogP contribution in [-0.4, -0.2) is 104 Å². The van der Waals surface area contributed by atoms with E-state index in [2.05, 4.69) is 10.6 Å². The number of carbonyl (C=O) groups excluding carboxylic acids is 4. The molecule has 0 saturated carbocycles. The van der Waals surface area contributed by atoms with Gasteiger partial charge in [-0.05, 0) is 69.2 Å². The van der Waals surface area contributed by atoms with Gasteiger partial charge in [0, 0.05) is 50.1 Å². The van der Waals surface area contributed by atoms with Gasteiger partial charge in [0.1, 0.15) is 29.5 Å². The molecule has 4 amide bonds. The largest absolute Gasteiger partial charge is 0.481 e. The Morgan fingerprint density at radius 3 is 2.02 bits per heavy atom. The molecule has 14 nitrogen and oxygen atoms in total. The van der Waals surface area contributed by atoms with E-state index in [9.17, 15) is 38.3 Å². The number of ether oxygens (including phenoxy) is 1. The number of likely N-dealkylation sites (N-methyl/N-ethyl adjacent to an activating group) is 2. The summed E-state index contributed by atoms with van der Waals surface area (Å²) in [5.74, 6) is -5.15. The first-order valence-corrected chi connectivity index (χ1v) is 18.2. The predicted octanol–water partition coefficient (Wildman–Crippen LogP) is 5.22. The number of hydrogen-bond acceptors (Lipinski definition) is 7. The smallest absolute Gasteiger partial charge is 0.410 e. The highest BCUT2D eigenvalue weighted by atomic mass is 19.1. The van der Waals surface area contributed by atoms with Crippen LogP contribution in [0.3, 0.4) is 0 Å². The molecule has 0 aliphatic rings. The van der Waals surface area contributed by atoms with Crippen molar-refractivity contribution in [3.8, 4) is 0 Å². The maximum atomic E-state index is 14.7. The van der Waals surface area contributed by atoms with Gasteiger partial charge in [-0.1, -0.05) is 54.5 Å². The van der Waals surface area contributed by atoms with Crippen molar-refractivity contribution in [2.24, 2.45) is 18.4 Å². The molecule has 1 unspecified atom stereocenters. The zero-order valence-corrected chi connectivity index (χ0v) is 34.7. The fourth-order valence-electron chi connectivity index (χ4n) is 6.55. The first kappa shape index (κ1) is 46.2. The van der Waals surface area contributed by atoms with Crippen LogP contribution in [0.2, 0.25) is 0 Å². The van der Waals surface area contributed by atoms with E-state index in [4.69, 9.17) is 9.84 Å². The van der Waals surface area contributed by atoms with Crippen molar-refractivity contribution in [2.45, 2.75) is 124 Å². The van der Waals surface area contributed by atoms with Crippen molar-refractivity contribution in [1.82, 2.24) is 25.0 Å². The Bertz CT molecular complexity index is 1800. The van der Waals surface area contributed by atoms with Gasteiger partial charge < -0.3 is 35.1 Å². The molecule has 1 heterocycles. The number of aliphatic carboxylic acids is 2. The van der Waals surface area contributed by atoms with Crippen molar-refractivity contribution < 1.29 is 48.1 Å². The van der Waals surface area contributed by atoms with E-state index < -0.39 is 88.6 Å². The second kappa shape index (κ2) is 17.7. The Morgan fingerprint density at radius 2 is 1.53 bits per heavy atom. The molecule has 0 aliphatic heterocycles. The summed E-state index contributed by atoms with van der Waals surface area (Å²) in [6, 6.07) is -0.177. The first-order chi connectivity index (χ1) is 25.0. The average Bonchev–Trinajstić information content (AvgIpc) is 3.37. The third-order valence-electron chi connectivity index (χ3n) is 9.55. The fraction of sp³-hybridized carbons (Fsp3) is 0.600. The summed E-state index contributed by atoms with van der Waals surface area (Å²) < 4.78 is 21.7. The third kappa shape index (κ3) is 11.8. The molecule has 55 heavy (non-hydrogen) atoms. The lowest BCUT2D eigenvalue weighted by atomic mass is 9.76. The molecule has 0 fully saturated rings. The van der Waals surface area contributed by atoms with Crippen LogP contribution in [0.25, 0.3) is 10.9 Å². The Balaban J connectivity index is 2.60. The zero-order valence-electron chi connectivity index (χ0n) is 34.7. The van der Waals surface area contributed by atoms with E-state index in [1.54, 1.807) is 79.3 Å². The zero-order chi connectivity index (χ0) is 42.5. The summed E-state index contributed by atoms with van der Waals surface area (Å²) in [5.41, 5.74) is -1.54. The Morgan fingerprint density at radius 1 is 0.945 bits per heavy atom. The van der Waals surface area contributed by atoms with Gasteiger partial charge in [-0.2, -0.15) is 0 Å². The number of rotatable bonds is 15. The highest BCUT2D eigenvalue weighted by molar-refractivity contribution is 5.96. The molecule has 2 rings (SSSR count). The second-order valence-corrected chi connectivity index (χ2v) is 17.2. The summed E-state index contributed by atoms with van der Waals surface area (Å²) in [6.07, 6.45) is 1.77. The molecule has 1 aromatic carbocycles. The quantitative estimate of drug-likeness (QED) is 0.176. The molecule has 0 aliphatic carbocycles. The molecule has 15 heteroatoms. The number of hydrogen-bond donors (Lipinski definition) is 4. The molecule has 0 radical (unpaired) electrons. The van der Waals surface area contributed by atoms with Crippen molar-refractivity contribution in [3.05, 3.63) is 47.4 Å². The van der Waals surface area contributed by atoms with Gasteiger partial charge in [0.05, 0.1) is 11.6 Å². The van der Waals surface area contributed by atoms with Gasteiger partial charge in [-0.3, -0.25) is 24.1 Å². The van der Waals surface area contributed by atoms with Crippen LogP contribution >= 0.6 is 0 Å². The highest BCUT2D eigenvalue weighted by Gasteiger charge is 2.47. The fourth-order valence-corrected chi connectivity index (χ4v) is 6.55. The lowest BCUT2D eigenvalue weighted by Crippen LogP contribution is -2.63. The molecule has 0 saturated heterocycles. The molecule has 4 N–H and O–H groups in total. The maximum absolute atomic E-state index is 14.7. The number of carboxylic acid groups (broad SMARTS) is 2.